The minimum atomic E-state index is -0.468. The smallest absolute Gasteiger partial charge is 0.237 e. The molecule has 144 valence electrons. The molecule has 0 aromatic carbocycles. The van der Waals surface area contributed by atoms with E-state index in [1.54, 1.807) is 24.9 Å². The van der Waals surface area contributed by atoms with Crippen LogP contribution in [0.2, 0.25) is 0 Å². The molecular formula is C19H25N5O3. The number of aromatic nitrogens is 1. The Balaban J connectivity index is 1.46. The number of carbonyl (C=O) groups excluding carboxylic acids is 2. The highest BCUT2D eigenvalue weighted by Gasteiger charge is 2.31. The van der Waals surface area contributed by atoms with Crippen LogP contribution in [0.3, 0.4) is 0 Å². The van der Waals surface area contributed by atoms with Crippen molar-refractivity contribution in [2.45, 2.75) is 25.9 Å². The molecule has 0 saturated carbocycles. The molecule has 0 radical (unpaired) electrons. The highest BCUT2D eigenvalue weighted by molar-refractivity contribution is 5.88. The molecule has 0 bridgehead atoms. The Morgan fingerprint density at radius 3 is 3.07 bits per heavy atom. The topological polar surface area (TPSA) is 99.5 Å². The molecule has 3 N–H and O–H groups in total. The summed E-state index contributed by atoms with van der Waals surface area (Å²) in [5.74, 6) is -0.243. The van der Waals surface area contributed by atoms with Crippen LogP contribution in [0.4, 0.5) is 5.69 Å². The normalized spacial score (nSPS) is 17.4. The van der Waals surface area contributed by atoms with Gasteiger partial charge in [-0.05, 0) is 24.6 Å². The fourth-order valence-electron chi connectivity index (χ4n) is 3.11. The molecule has 0 aliphatic carbocycles. The van der Waals surface area contributed by atoms with Gasteiger partial charge in [0, 0.05) is 56.4 Å². The second-order valence-corrected chi connectivity index (χ2v) is 6.58. The van der Waals surface area contributed by atoms with E-state index in [2.05, 4.69) is 20.9 Å². The van der Waals surface area contributed by atoms with Crippen molar-refractivity contribution in [3.8, 4) is 0 Å². The summed E-state index contributed by atoms with van der Waals surface area (Å²) in [6.45, 7) is 4.94. The number of nitrogens with one attached hydrogen (secondary N) is 3. The quantitative estimate of drug-likeness (QED) is 0.597. The van der Waals surface area contributed by atoms with E-state index in [-0.39, 0.29) is 18.2 Å². The Morgan fingerprint density at radius 2 is 2.30 bits per heavy atom. The van der Waals surface area contributed by atoms with Crippen LogP contribution in [0.25, 0.3) is 0 Å². The molecule has 1 aliphatic heterocycles. The second kappa shape index (κ2) is 9.18. The van der Waals surface area contributed by atoms with E-state index in [4.69, 9.17) is 4.42 Å². The van der Waals surface area contributed by atoms with Gasteiger partial charge in [0.15, 0.2) is 0 Å². The monoisotopic (exact) mass is 371 g/mol. The Bertz CT molecular complexity index is 762. The van der Waals surface area contributed by atoms with E-state index in [9.17, 15) is 9.59 Å². The van der Waals surface area contributed by atoms with E-state index < -0.39 is 6.04 Å². The van der Waals surface area contributed by atoms with Gasteiger partial charge in [-0.2, -0.15) is 0 Å². The van der Waals surface area contributed by atoms with Crippen molar-refractivity contribution in [3.05, 3.63) is 48.2 Å². The number of anilines is 1. The van der Waals surface area contributed by atoms with Crippen LogP contribution in [0.1, 0.15) is 17.5 Å². The van der Waals surface area contributed by atoms with Gasteiger partial charge in [0.2, 0.25) is 11.8 Å². The highest BCUT2D eigenvalue weighted by atomic mass is 16.3. The van der Waals surface area contributed by atoms with E-state index in [0.29, 0.717) is 32.7 Å². The van der Waals surface area contributed by atoms with Crippen molar-refractivity contribution in [1.29, 1.82) is 0 Å². The van der Waals surface area contributed by atoms with Crippen molar-refractivity contribution >= 4 is 17.5 Å². The third-order valence-corrected chi connectivity index (χ3v) is 4.57. The van der Waals surface area contributed by atoms with E-state index >= 15 is 0 Å². The maximum atomic E-state index is 12.3. The summed E-state index contributed by atoms with van der Waals surface area (Å²) in [6, 6.07) is 3.30. The summed E-state index contributed by atoms with van der Waals surface area (Å²) in [7, 11) is 0. The molecule has 1 saturated heterocycles. The lowest BCUT2D eigenvalue weighted by Gasteiger charge is -2.34. The summed E-state index contributed by atoms with van der Waals surface area (Å²) >= 11 is 0. The number of rotatable bonds is 8. The molecule has 2 aromatic rings. The summed E-state index contributed by atoms with van der Waals surface area (Å²) in [5.41, 5.74) is 3.04. The Labute approximate surface area is 158 Å². The number of furan rings is 1. The molecule has 3 rings (SSSR count). The summed E-state index contributed by atoms with van der Waals surface area (Å²) < 4.78 is 5.09. The standard InChI is InChI=1S/C19H25N5O3/c1-14-11-20-4-2-16(14)21-5-6-22-18(25)10-17-19(26)23-7-8-24(17)12-15-3-9-27-13-15/h2-4,9,11,13,17H,5-8,10,12H2,1H3,(H,20,21)(H,22,25)(H,23,26)/t17-/m1/s1. The number of nitrogens with zero attached hydrogens (tertiary/aromatic N) is 2. The van der Waals surface area contributed by atoms with E-state index in [0.717, 1.165) is 16.8 Å². The van der Waals surface area contributed by atoms with Gasteiger partial charge in [0.25, 0.3) is 0 Å². The molecule has 3 heterocycles. The average molecular weight is 371 g/mol. The van der Waals surface area contributed by atoms with Gasteiger partial charge in [-0.15, -0.1) is 0 Å². The first-order valence-corrected chi connectivity index (χ1v) is 9.07. The Kier molecular flexibility index (Phi) is 6.43. The van der Waals surface area contributed by atoms with Gasteiger partial charge in [-0.1, -0.05) is 0 Å². The zero-order valence-corrected chi connectivity index (χ0v) is 15.4. The van der Waals surface area contributed by atoms with Gasteiger partial charge in [-0.25, -0.2) is 0 Å². The molecule has 0 unspecified atom stereocenters. The van der Waals surface area contributed by atoms with Crippen molar-refractivity contribution in [2.75, 3.05) is 31.5 Å². The van der Waals surface area contributed by atoms with Gasteiger partial charge in [-0.3, -0.25) is 19.5 Å². The predicted octanol–water partition coefficient (Wildman–Crippen LogP) is 0.902. The molecular weight excluding hydrogens is 346 g/mol. The summed E-state index contributed by atoms with van der Waals surface area (Å²) in [5, 5.41) is 8.98. The Hall–Kier alpha value is -2.87. The Morgan fingerprint density at radius 1 is 1.41 bits per heavy atom. The lowest BCUT2D eigenvalue weighted by molar-refractivity contribution is -0.134. The number of carbonyl (C=O) groups is 2. The third kappa shape index (κ3) is 5.30. The van der Waals surface area contributed by atoms with Crippen LogP contribution in [0, 0.1) is 6.92 Å². The number of hydrogen-bond acceptors (Lipinski definition) is 6. The van der Waals surface area contributed by atoms with E-state index in [1.807, 2.05) is 24.0 Å². The lowest BCUT2D eigenvalue weighted by Crippen LogP contribution is -2.56. The number of aryl methyl sites for hydroxylation is 1. The minimum Gasteiger partial charge on any atom is -0.472 e. The van der Waals surface area contributed by atoms with Crippen molar-refractivity contribution in [3.63, 3.8) is 0 Å². The zero-order chi connectivity index (χ0) is 19.1. The predicted molar refractivity (Wildman–Crippen MR) is 101 cm³/mol. The van der Waals surface area contributed by atoms with Crippen molar-refractivity contribution in [2.24, 2.45) is 0 Å². The SMILES string of the molecule is Cc1cnccc1NCCNC(=O)C[C@@H]1C(=O)NCCN1Cc1ccoc1. The molecule has 8 heteroatoms. The van der Waals surface area contributed by atoms with Gasteiger partial charge in [0.1, 0.15) is 0 Å². The van der Waals surface area contributed by atoms with Crippen LogP contribution in [0.15, 0.2) is 41.5 Å². The second-order valence-electron chi connectivity index (χ2n) is 6.58. The molecule has 1 atom stereocenters. The number of hydrogen-bond donors (Lipinski definition) is 3. The minimum absolute atomic E-state index is 0.106. The molecule has 1 aliphatic rings. The van der Waals surface area contributed by atoms with Gasteiger partial charge < -0.3 is 20.4 Å². The van der Waals surface area contributed by atoms with Crippen molar-refractivity contribution in [1.82, 2.24) is 20.5 Å². The fraction of sp³-hybridized carbons (Fsp3) is 0.421. The van der Waals surface area contributed by atoms with E-state index in [1.165, 1.54) is 0 Å². The lowest BCUT2D eigenvalue weighted by atomic mass is 10.1. The van der Waals surface area contributed by atoms with Crippen LogP contribution >= 0.6 is 0 Å². The molecule has 1 fully saturated rings. The molecule has 27 heavy (non-hydrogen) atoms. The number of piperazine rings is 1. The maximum Gasteiger partial charge on any atom is 0.237 e. The largest absolute Gasteiger partial charge is 0.472 e. The van der Waals surface area contributed by atoms with Crippen LogP contribution in [-0.4, -0.2) is 53.9 Å². The van der Waals surface area contributed by atoms with Gasteiger partial charge >= 0.3 is 0 Å². The fourth-order valence-corrected chi connectivity index (χ4v) is 3.11. The first-order chi connectivity index (χ1) is 13.1. The summed E-state index contributed by atoms with van der Waals surface area (Å²) in [6.07, 6.45) is 6.92. The highest BCUT2D eigenvalue weighted by Crippen LogP contribution is 2.14. The maximum absolute atomic E-state index is 12.3. The molecule has 2 amide bonds. The van der Waals surface area contributed by atoms with Crippen LogP contribution < -0.4 is 16.0 Å². The van der Waals surface area contributed by atoms with Crippen molar-refractivity contribution < 1.29 is 14.0 Å². The molecule has 8 nitrogen and oxygen atoms in total. The van der Waals surface area contributed by atoms with Gasteiger partial charge in [0.05, 0.1) is 25.0 Å². The number of amides is 2. The zero-order valence-electron chi connectivity index (χ0n) is 15.4. The average Bonchev–Trinajstić information content (AvgIpc) is 3.16. The third-order valence-electron chi connectivity index (χ3n) is 4.57. The summed E-state index contributed by atoms with van der Waals surface area (Å²) in [4.78, 5) is 30.6. The molecule has 0 spiro atoms. The first kappa shape index (κ1) is 18.9. The molecule has 2 aromatic heterocycles. The number of pyridine rings is 1. The van der Waals surface area contributed by atoms with Crippen LogP contribution in [0.5, 0.6) is 0 Å². The first-order valence-electron chi connectivity index (χ1n) is 9.07. The van der Waals surface area contributed by atoms with Crippen LogP contribution in [-0.2, 0) is 16.1 Å².